The Balaban J connectivity index is 1.54. The van der Waals surface area contributed by atoms with E-state index >= 15 is 0 Å². The number of fused-ring (bicyclic) bond motifs is 1. The van der Waals surface area contributed by atoms with Crippen LogP contribution in [0.2, 0.25) is 0 Å². The summed E-state index contributed by atoms with van der Waals surface area (Å²) in [5, 5.41) is 13.1. The maximum absolute atomic E-state index is 11.0. The molecule has 1 fully saturated rings. The molecule has 0 amide bonds. The maximum Gasteiger partial charge on any atom is 0.335 e. The fourth-order valence-corrected chi connectivity index (χ4v) is 2.77. The molecule has 0 bridgehead atoms. The van der Waals surface area contributed by atoms with Gasteiger partial charge < -0.3 is 14.5 Å². The van der Waals surface area contributed by atoms with Gasteiger partial charge in [0, 0.05) is 18.2 Å². The van der Waals surface area contributed by atoms with E-state index < -0.39 is 5.97 Å². The molecule has 1 N–H and O–H groups in total. The molecule has 1 aromatic carbocycles. The van der Waals surface area contributed by atoms with Gasteiger partial charge in [0.05, 0.1) is 12.1 Å². The molecule has 1 saturated carbocycles. The topological polar surface area (TPSA) is 79.5 Å². The van der Waals surface area contributed by atoms with E-state index in [1.54, 1.807) is 12.1 Å². The third-order valence-electron chi connectivity index (χ3n) is 4.07. The van der Waals surface area contributed by atoms with E-state index in [0.29, 0.717) is 23.9 Å². The van der Waals surface area contributed by atoms with E-state index in [1.807, 2.05) is 6.07 Å². The summed E-state index contributed by atoms with van der Waals surface area (Å²) in [5.74, 6) is 1.06. The molecule has 6 heteroatoms. The number of rotatable bonds is 4. The Morgan fingerprint density at radius 2 is 2.29 bits per heavy atom. The molecule has 2 aliphatic rings. The van der Waals surface area contributed by atoms with Crippen molar-refractivity contribution in [3.8, 4) is 0 Å². The van der Waals surface area contributed by atoms with Crippen LogP contribution in [0.15, 0.2) is 22.7 Å². The normalized spacial score (nSPS) is 17.0. The summed E-state index contributed by atoms with van der Waals surface area (Å²) < 4.78 is 5.31. The largest absolute Gasteiger partial charge is 0.478 e. The molecule has 1 aliphatic carbocycles. The van der Waals surface area contributed by atoms with Gasteiger partial charge in [-0.25, -0.2) is 4.79 Å². The van der Waals surface area contributed by atoms with Crippen molar-refractivity contribution in [3.63, 3.8) is 0 Å². The molecule has 0 unspecified atom stereocenters. The molecule has 1 aliphatic heterocycles. The second-order valence-electron chi connectivity index (χ2n) is 5.64. The van der Waals surface area contributed by atoms with Crippen molar-refractivity contribution in [2.75, 3.05) is 11.4 Å². The molecule has 0 saturated heterocycles. The van der Waals surface area contributed by atoms with E-state index in [0.717, 1.165) is 42.9 Å². The summed E-state index contributed by atoms with van der Waals surface area (Å²) in [7, 11) is 0. The van der Waals surface area contributed by atoms with Crippen LogP contribution in [0.3, 0.4) is 0 Å². The van der Waals surface area contributed by atoms with Crippen molar-refractivity contribution in [1.29, 1.82) is 0 Å². The fraction of sp³-hybridized carbons (Fsp3) is 0.400. The Kier molecular flexibility index (Phi) is 2.70. The molecule has 2 heterocycles. The molecule has 0 spiro atoms. The monoisotopic (exact) mass is 285 g/mol. The minimum absolute atomic E-state index is 0.337. The van der Waals surface area contributed by atoms with Crippen molar-refractivity contribution < 1.29 is 14.4 Å². The SMILES string of the molecule is O=C(O)c1ccc2c(c1)CCN2Cc1nc(C2CC2)no1. The third-order valence-corrected chi connectivity index (χ3v) is 4.07. The zero-order chi connectivity index (χ0) is 14.4. The smallest absolute Gasteiger partial charge is 0.335 e. The summed E-state index contributed by atoms with van der Waals surface area (Å²) in [6, 6.07) is 5.26. The standard InChI is InChI=1S/C15H15N3O3/c19-15(20)11-3-4-12-10(7-11)5-6-18(12)8-13-16-14(17-21-13)9-1-2-9/h3-4,7,9H,1-2,5-6,8H2,(H,19,20). The van der Waals surface area contributed by atoms with Gasteiger partial charge >= 0.3 is 5.97 Å². The van der Waals surface area contributed by atoms with Gasteiger partial charge in [0.2, 0.25) is 5.89 Å². The molecule has 21 heavy (non-hydrogen) atoms. The Morgan fingerprint density at radius 3 is 3.05 bits per heavy atom. The van der Waals surface area contributed by atoms with Crippen LogP contribution in [0.5, 0.6) is 0 Å². The van der Waals surface area contributed by atoms with Gasteiger partial charge in [0.15, 0.2) is 5.82 Å². The van der Waals surface area contributed by atoms with E-state index in [2.05, 4.69) is 15.0 Å². The van der Waals surface area contributed by atoms with E-state index in [-0.39, 0.29) is 0 Å². The minimum Gasteiger partial charge on any atom is -0.478 e. The van der Waals surface area contributed by atoms with Crippen LogP contribution >= 0.6 is 0 Å². The number of benzene rings is 1. The molecule has 6 nitrogen and oxygen atoms in total. The van der Waals surface area contributed by atoms with Crippen LogP contribution in [0, 0.1) is 0 Å². The van der Waals surface area contributed by atoms with Crippen molar-refractivity contribution >= 4 is 11.7 Å². The first-order valence-corrected chi connectivity index (χ1v) is 7.14. The number of carboxylic acids is 1. The average molecular weight is 285 g/mol. The molecule has 1 aromatic heterocycles. The lowest BCUT2D eigenvalue weighted by molar-refractivity contribution is 0.0697. The van der Waals surface area contributed by atoms with Crippen molar-refractivity contribution in [3.05, 3.63) is 41.0 Å². The molecule has 4 rings (SSSR count). The number of carboxylic acid groups (broad SMARTS) is 1. The number of carbonyl (C=O) groups is 1. The van der Waals surface area contributed by atoms with Crippen molar-refractivity contribution in [2.24, 2.45) is 0 Å². The highest BCUT2D eigenvalue weighted by Crippen LogP contribution is 2.38. The first-order valence-electron chi connectivity index (χ1n) is 7.14. The fourth-order valence-electron chi connectivity index (χ4n) is 2.77. The van der Waals surface area contributed by atoms with Crippen LogP contribution in [0.25, 0.3) is 0 Å². The van der Waals surface area contributed by atoms with Gasteiger partial charge in [-0.1, -0.05) is 5.16 Å². The summed E-state index contributed by atoms with van der Waals surface area (Å²) in [6.45, 7) is 1.43. The summed E-state index contributed by atoms with van der Waals surface area (Å²) >= 11 is 0. The third kappa shape index (κ3) is 2.26. The van der Waals surface area contributed by atoms with E-state index in [9.17, 15) is 4.79 Å². The summed E-state index contributed by atoms with van der Waals surface area (Å²) in [6.07, 6.45) is 3.16. The Bertz CT molecular complexity index is 706. The minimum atomic E-state index is -0.887. The Hall–Kier alpha value is -2.37. The molecule has 108 valence electrons. The zero-order valence-corrected chi connectivity index (χ0v) is 11.5. The van der Waals surface area contributed by atoms with Crippen molar-refractivity contribution in [1.82, 2.24) is 10.1 Å². The number of nitrogens with zero attached hydrogens (tertiary/aromatic N) is 3. The molecular formula is C15H15N3O3. The highest BCUT2D eigenvalue weighted by molar-refractivity contribution is 5.88. The van der Waals surface area contributed by atoms with Crippen molar-refractivity contribution in [2.45, 2.75) is 31.7 Å². The lowest BCUT2D eigenvalue weighted by Gasteiger charge is -2.16. The zero-order valence-electron chi connectivity index (χ0n) is 11.5. The lowest BCUT2D eigenvalue weighted by Crippen LogP contribution is -2.19. The van der Waals surface area contributed by atoms with E-state index in [4.69, 9.17) is 9.63 Å². The molecule has 0 radical (unpaired) electrons. The first-order chi connectivity index (χ1) is 10.2. The number of anilines is 1. The Morgan fingerprint density at radius 1 is 1.43 bits per heavy atom. The number of hydrogen-bond donors (Lipinski definition) is 1. The summed E-state index contributed by atoms with van der Waals surface area (Å²) in [5.41, 5.74) is 2.47. The maximum atomic E-state index is 11.0. The molecular weight excluding hydrogens is 270 g/mol. The number of aromatic carboxylic acids is 1. The van der Waals surface area contributed by atoms with Crippen LogP contribution in [-0.4, -0.2) is 27.8 Å². The second-order valence-corrected chi connectivity index (χ2v) is 5.64. The van der Waals surface area contributed by atoms with Crippen LogP contribution in [0.4, 0.5) is 5.69 Å². The lowest BCUT2D eigenvalue weighted by atomic mass is 10.1. The predicted molar refractivity (Wildman–Crippen MR) is 74.4 cm³/mol. The molecule has 0 atom stereocenters. The highest BCUT2D eigenvalue weighted by Gasteiger charge is 2.29. The highest BCUT2D eigenvalue weighted by atomic mass is 16.5. The number of hydrogen-bond acceptors (Lipinski definition) is 5. The van der Waals surface area contributed by atoms with E-state index in [1.165, 1.54) is 0 Å². The summed E-state index contributed by atoms with van der Waals surface area (Å²) in [4.78, 5) is 17.6. The van der Waals surface area contributed by atoms with Crippen LogP contribution < -0.4 is 4.90 Å². The van der Waals surface area contributed by atoms with Gasteiger partial charge in [-0.3, -0.25) is 0 Å². The van der Waals surface area contributed by atoms with Gasteiger partial charge in [-0.15, -0.1) is 0 Å². The average Bonchev–Trinajstić information content (AvgIpc) is 3.10. The quantitative estimate of drug-likeness (QED) is 0.927. The second kappa shape index (κ2) is 4.58. The van der Waals surface area contributed by atoms with Crippen LogP contribution in [-0.2, 0) is 13.0 Å². The van der Waals surface area contributed by atoms with Crippen LogP contribution in [0.1, 0.15) is 46.4 Å². The first kappa shape index (κ1) is 12.4. The number of aromatic nitrogens is 2. The van der Waals surface area contributed by atoms with Gasteiger partial charge in [0.25, 0.3) is 0 Å². The Labute approximate surface area is 121 Å². The van der Waals surface area contributed by atoms with Gasteiger partial charge in [-0.05, 0) is 43.0 Å². The van der Waals surface area contributed by atoms with Gasteiger partial charge in [0.1, 0.15) is 0 Å². The molecule has 2 aromatic rings. The van der Waals surface area contributed by atoms with Gasteiger partial charge in [-0.2, -0.15) is 4.98 Å². The predicted octanol–water partition coefficient (Wildman–Crippen LogP) is 2.21.